The van der Waals surface area contributed by atoms with Gasteiger partial charge in [0.1, 0.15) is 10.3 Å². The number of anilines is 2. The van der Waals surface area contributed by atoms with Gasteiger partial charge in [-0.1, -0.05) is 46.9 Å². The van der Waals surface area contributed by atoms with Gasteiger partial charge in [0.05, 0.1) is 16.1 Å². The Kier molecular flexibility index (Phi) is 9.95. The Morgan fingerprint density at radius 3 is 1.72 bits per heavy atom. The predicted molar refractivity (Wildman–Crippen MR) is 172 cm³/mol. The van der Waals surface area contributed by atoms with E-state index in [0.29, 0.717) is 16.3 Å². The molecule has 2 aliphatic carbocycles. The van der Waals surface area contributed by atoms with Crippen LogP contribution < -0.4 is 22.1 Å². The SMILES string of the molecule is N[C@H]1CCc2cc(NC(=O)c3ccc(Cl)nc3)ccc2C1.N[C@H]1CCc2cc(NC(=O)c3cnc(Cl)c(Cl)c3)ccc2C1. The lowest BCUT2D eigenvalue weighted by Crippen LogP contribution is -2.27. The number of aryl methyl sites for hydroxylation is 2. The fourth-order valence-corrected chi connectivity index (χ4v) is 5.57. The highest BCUT2D eigenvalue weighted by Crippen LogP contribution is 2.26. The molecule has 2 aliphatic rings. The van der Waals surface area contributed by atoms with E-state index in [-0.39, 0.29) is 34.1 Å². The molecule has 2 heterocycles. The number of nitrogens with two attached hydrogens (primary N) is 2. The van der Waals surface area contributed by atoms with Crippen molar-refractivity contribution < 1.29 is 9.59 Å². The molecule has 6 N–H and O–H groups in total. The predicted octanol–water partition coefficient (Wildman–Crippen LogP) is 6.26. The molecule has 0 spiro atoms. The van der Waals surface area contributed by atoms with Crippen LogP contribution in [0.2, 0.25) is 15.3 Å². The molecule has 0 fully saturated rings. The third-order valence-electron chi connectivity index (χ3n) is 7.51. The number of carbonyl (C=O) groups excluding carboxylic acids is 2. The highest BCUT2D eigenvalue weighted by Gasteiger charge is 2.18. The second kappa shape index (κ2) is 13.8. The molecule has 2 amide bonds. The van der Waals surface area contributed by atoms with Gasteiger partial charge in [0.2, 0.25) is 0 Å². The zero-order valence-electron chi connectivity index (χ0n) is 23.2. The van der Waals surface area contributed by atoms with Crippen molar-refractivity contribution in [3.05, 3.63) is 116 Å². The van der Waals surface area contributed by atoms with Gasteiger partial charge in [-0.15, -0.1) is 0 Å². The van der Waals surface area contributed by atoms with E-state index in [9.17, 15) is 9.59 Å². The van der Waals surface area contributed by atoms with Gasteiger partial charge in [-0.2, -0.15) is 0 Å². The number of aromatic nitrogens is 2. The maximum atomic E-state index is 12.2. The Labute approximate surface area is 265 Å². The second-order valence-corrected chi connectivity index (χ2v) is 11.9. The maximum Gasteiger partial charge on any atom is 0.257 e. The molecule has 2 aromatic carbocycles. The van der Waals surface area contributed by atoms with Crippen LogP contribution in [0, 0.1) is 0 Å². The molecule has 0 saturated heterocycles. The van der Waals surface area contributed by atoms with Crippen molar-refractivity contribution in [3.63, 3.8) is 0 Å². The van der Waals surface area contributed by atoms with Crippen LogP contribution in [0.3, 0.4) is 0 Å². The number of fused-ring (bicyclic) bond motifs is 2. The van der Waals surface area contributed by atoms with Gasteiger partial charge in [0.15, 0.2) is 0 Å². The molecule has 0 aliphatic heterocycles. The standard InChI is InChI=1S/C16H15Cl2N3O.C16H16ClN3O/c17-14-7-11(8-20-15(14)18)16(22)21-13-4-2-9-5-12(19)3-1-10(9)6-13;17-15-6-3-12(9-19-15)16(21)20-14-5-2-10-7-13(18)4-1-11(10)8-14/h2,4,6-8,12H,1,3,5,19H2,(H,21,22);2-3,5-6,8-9,13H,1,4,7,18H2,(H,20,21)/t12-;13-/m00/s1. The van der Waals surface area contributed by atoms with Crippen LogP contribution in [0.4, 0.5) is 11.4 Å². The van der Waals surface area contributed by atoms with Crippen LogP contribution in [-0.2, 0) is 25.7 Å². The van der Waals surface area contributed by atoms with E-state index >= 15 is 0 Å². The molecule has 2 aromatic heterocycles. The summed E-state index contributed by atoms with van der Waals surface area (Å²) in [4.78, 5) is 32.1. The van der Waals surface area contributed by atoms with E-state index in [0.717, 1.165) is 49.9 Å². The van der Waals surface area contributed by atoms with Crippen molar-refractivity contribution in [1.29, 1.82) is 0 Å². The zero-order chi connectivity index (χ0) is 30.5. The number of nitrogens with zero attached hydrogens (tertiary/aromatic N) is 2. The Morgan fingerprint density at radius 2 is 1.21 bits per heavy atom. The first-order chi connectivity index (χ1) is 20.6. The minimum Gasteiger partial charge on any atom is -0.327 e. The lowest BCUT2D eigenvalue weighted by atomic mass is 9.88. The van der Waals surface area contributed by atoms with E-state index in [2.05, 4.69) is 20.6 Å². The molecule has 0 unspecified atom stereocenters. The topological polar surface area (TPSA) is 136 Å². The van der Waals surface area contributed by atoms with Crippen molar-refractivity contribution in [3.8, 4) is 0 Å². The number of carbonyl (C=O) groups is 2. The third-order valence-corrected chi connectivity index (χ3v) is 8.42. The number of rotatable bonds is 4. The lowest BCUT2D eigenvalue weighted by Gasteiger charge is -2.22. The molecule has 0 radical (unpaired) electrons. The van der Waals surface area contributed by atoms with E-state index in [1.165, 1.54) is 40.7 Å². The zero-order valence-corrected chi connectivity index (χ0v) is 25.5. The summed E-state index contributed by atoms with van der Waals surface area (Å²) in [5.74, 6) is -0.454. The summed E-state index contributed by atoms with van der Waals surface area (Å²) in [6, 6.07) is 17.1. The molecule has 0 bridgehead atoms. The first kappa shape index (κ1) is 30.9. The normalized spacial score (nSPS) is 17.0. The van der Waals surface area contributed by atoms with Crippen LogP contribution in [0.25, 0.3) is 0 Å². The average Bonchev–Trinajstić information content (AvgIpc) is 2.99. The minimum absolute atomic E-state index is 0.184. The Bertz CT molecular complexity index is 1650. The molecule has 0 saturated carbocycles. The number of hydrogen-bond acceptors (Lipinski definition) is 6. The molecule has 222 valence electrons. The van der Waals surface area contributed by atoms with E-state index in [1.54, 1.807) is 12.1 Å². The lowest BCUT2D eigenvalue weighted by molar-refractivity contribution is 0.101. The van der Waals surface area contributed by atoms with Crippen molar-refractivity contribution >= 4 is 58.0 Å². The summed E-state index contributed by atoms with van der Waals surface area (Å²) in [5.41, 5.74) is 19.4. The van der Waals surface area contributed by atoms with E-state index in [4.69, 9.17) is 46.3 Å². The van der Waals surface area contributed by atoms with Crippen LogP contribution >= 0.6 is 34.8 Å². The summed E-state index contributed by atoms with van der Waals surface area (Å²) in [6.07, 6.45) is 8.53. The fraction of sp³-hybridized carbons (Fsp3) is 0.250. The number of amides is 2. The first-order valence-electron chi connectivity index (χ1n) is 13.9. The number of hydrogen-bond donors (Lipinski definition) is 4. The molecule has 6 rings (SSSR count). The van der Waals surface area contributed by atoms with Crippen molar-refractivity contribution in [1.82, 2.24) is 9.97 Å². The molecular formula is C32H31Cl3N6O2. The van der Waals surface area contributed by atoms with Crippen LogP contribution in [0.5, 0.6) is 0 Å². The van der Waals surface area contributed by atoms with E-state index < -0.39 is 0 Å². The van der Waals surface area contributed by atoms with Gasteiger partial charge in [0, 0.05) is 35.9 Å². The highest BCUT2D eigenvalue weighted by molar-refractivity contribution is 6.41. The molecule has 8 nitrogen and oxygen atoms in total. The summed E-state index contributed by atoms with van der Waals surface area (Å²) in [7, 11) is 0. The maximum absolute atomic E-state index is 12.2. The minimum atomic E-state index is -0.265. The summed E-state index contributed by atoms with van der Waals surface area (Å²) in [6.45, 7) is 0. The smallest absolute Gasteiger partial charge is 0.257 e. The molecule has 43 heavy (non-hydrogen) atoms. The Hall–Kier alpha value is -3.53. The van der Waals surface area contributed by atoms with Crippen LogP contribution in [0.15, 0.2) is 67.0 Å². The van der Waals surface area contributed by atoms with Gasteiger partial charge in [0.25, 0.3) is 11.8 Å². The quantitative estimate of drug-likeness (QED) is 0.195. The summed E-state index contributed by atoms with van der Waals surface area (Å²) < 4.78 is 0. The molecule has 11 heteroatoms. The van der Waals surface area contributed by atoms with Crippen LogP contribution in [0.1, 0.15) is 55.8 Å². The fourth-order valence-electron chi connectivity index (χ4n) is 5.18. The average molecular weight is 638 g/mol. The second-order valence-electron chi connectivity index (χ2n) is 10.7. The number of pyridine rings is 2. The largest absolute Gasteiger partial charge is 0.327 e. The van der Waals surface area contributed by atoms with Crippen molar-refractivity contribution in [2.75, 3.05) is 10.6 Å². The monoisotopic (exact) mass is 636 g/mol. The van der Waals surface area contributed by atoms with E-state index in [1.807, 2.05) is 36.4 Å². The summed E-state index contributed by atoms with van der Waals surface area (Å²) in [5, 5.41) is 6.55. The number of nitrogens with one attached hydrogen (secondary N) is 2. The van der Waals surface area contributed by atoms with Gasteiger partial charge in [-0.05, 0) is 103 Å². The number of halogens is 3. The molecular weight excluding hydrogens is 607 g/mol. The molecule has 2 atom stereocenters. The third kappa shape index (κ3) is 8.10. The van der Waals surface area contributed by atoms with Crippen molar-refractivity contribution in [2.24, 2.45) is 11.5 Å². The molecule has 4 aromatic rings. The van der Waals surface area contributed by atoms with Gasteiger partial charge in [-0.3, -0.25) is 9.59 Å². The van der Waals surface area contributed by atoms with Crippen molar-refractivity contribution in [2.45, 2.75) is 50.6 Å². The summed E-state index contributed by atoms with van der Waals surface area (Å²) >= 11 is 17.3. The first-order valence-corrected chi connectivity index (χ1v) is 15.1. The van der Waals surface area contributed by atoms with Gasteiger partial charge in [-0.25, -0.2) is 9.97 Å². The van der Waals surface area contributed by atoms with Gasteiger partial charge >= 0.3 is 0 Å². The highest BCUT2D eigenvalue weighted by atomic mass is 35.5. The Morgan fingerprint density at radius 1 is 0.674 bits per heavy atom. The van der Waals surface area contributed by atoms with Crippen LogP contribution in [-0.4, -0.2) is 33.9 Å². The Balaban J connectivity index is 0.000000171. The van der Waals surface area contributed by atoms with Gasteiger partial charge < -0.3 is 22.1 Å². The number of benzene rings is 2.